The van der Waals surface area contributed by atoms with E-state index in [1.165, 1.54) is 11.0 Å². The van der Waals surface area contributed by atoms with E-state index in [1.54, 1.807) is 36.3 Å². The zero-order valence-corrected chi connectivity index (χ0v) is 14.2. The van der Waals surface area contributed by atoms with Crippen molar-refractivity contribution in [2.24, 2.45) is 0 Å². The SMILES string of the molecule is C=CC(=O)N(C)C.C=CN1CCCC1=O.C=CN1CCCC1=O. The van der Waals surface area contributed by atoms with Crippen LogP contribution in [-0.2, 0) is 14.4 Å². The van der Waals surface area contributed by atoms with Crippen molar-refractivity contribution in [3.63, 3.8) is 0 Å². The summed E-state index contributed by atoms with van der Waals surface area (Å²) in [5.41, 5.74) is 0. The number of carbonyl (C=O) groups is 3. The highest BCUT2D eigenvalue weighted by atomic mass is 16.2. The van der Waals surface area contributed by atoms with E-state index in [2.05, 4.69) is 19.7 Å². The van der Waals surface area contributed by atoms with Gasteiger partial charge in [-0.15, -0.1) is 0 Å². The molecule has 0 aromatic carbocycles. The fraction of sp³-hybridized carbons (Fsp3) is 0.471. The highest BCUT2D eigenvalue weighted by Gasteiger charge is 2.16. The standard InChI is InChI=1S/2C6H9NO.C5H9NO/c2*1-2-7-5-3-4-6(7)8;1-4-5(7)6(2)3/h2*2H,1,3-5H2;4H,1H2,2-3H3. The fourth-order valence-electron chi connectivity index (χ4n) is 1.91. The van der Waals surface area contributed by atoms with Crippen molar-refractivity contribution in [2.45, 2.75) is 25.7 Å². The van der Waals surface area contributed by atoms with Crippen LogP contribution < -0.4 is 0 Å². The van der Waals surface area contributed by atoms with Crippen LogP contribution in [0.15, 0.2) is 38.2 Å². The minimum absolute atomic E-state index is 0.0556. The molecular formula is C17H27N3O3. The summed E-state index contributed by atoms with van der Waals surface area (Å²) in [7, 11) is 3.37. The third-order valence-electron chi connectivity index (χ3n) is 3.28. The number of rotatable bonds is 3. The molecule has 23 heavy (non-hydrogen) atoms. The summed E-state index contributed by atoms with van der Waals surface area (Å²) >= 11 is 0. The maximum absolute atomic E-state index is 10.7. The van der Waals surface area contributed by atoms with E-state index in [-0.39, 0.29) is 17.7 Å². The van der Waals surface area contributed by atoms with Gasteiger partial charge in [-0.05, 0) is 31.3 Å². The predicted molar refractivity (Wildman–Crippen MR) is 91.2 cm³/mol. The van der Waals surface area contributed by atoms with Crippen LogP contribution in [0.2, 0.25) is 0 Å². The minimum atomic E-state index is -0.0556. The highest BCUT2D eigenvalue weighted by molar-refractivity contribution is 5.86. The number of hydrogen-bond acceptors (Lipinski definition) is 3. The largest absolute Gasteiger partial charge is 0.345 e. The first-order chi connectivity index (χ1) is 10.9. The molecule has 2 saturated heterocycles. The Balaban J connectivity index is 0.000000317. The zero-order valence-electron chi connectivity index (χ0n) is 14.2. The molecule has 0 bridgehead atoms. The lowest BCUT2D eigenvalue weighted by molar-refractivity contribution is -0.126. The fourth-order valence-corrected chi connectivity index (χ4v) is 1.91. The van der Waals surface area contributed by atoms with Gasteiger partial charge in [0.05, 0.1) is 0 Å². The molecule has 0 aromatic heterocycles. The van der Waals surface area contributed by atoms with Gasteiger partial charge in [-0.25, -0.2) is 0 Å². The average Bonchev–Trinajstić information content (AvgIpc) is 3.15. The van der Waals surface area contributed by atoms with Crippen LogP contribution in [0, 0.1) is 0 Å². The summed E-state index contributed by atoms with van der Waals surface area (Å²) in [5.74, 6) is 0.361. The molecule has 0 atom stereocenters. The molecule has 2 heterocycles. The van der Waals surface area contributed by atoms with Crippen molar-refractivity contribution < 1.29 is 14.4 Å². The van der Waals surface area contributed by atoms with Crippen molar-refractivity contribution in [2.75, 3.05) is 27.2 Å². The monoisotopic (exact) mass is 321 g/mol. The molecule has 0 aliphatic carbocycles. The Morgan fingerprint density at radius 3 is 1.43 bits per heavy atom. The summed E-state index contributed by atoms with van der Waals surface area (Å²) in [6.07, 6.45) is 7.85. The first-order valence-corrected chi connectivity index (χ1v) is 7.55. The lowest BCUT2D eigenvalue weighted by Gasteiger charge is -2.05. The maximum Gasteiger partial charge on any atom is 0.245 e. The van der Waals surface area contributed by atoms with Crippen LogP contribution in [0.25, 0.3) is 0 Å². The predicted octanol–water partition coefficient (Wildman–Crippen LogP) is 1.77. The number of likely N-dealkylation sites (N-methyl/N-ethyl adjacent to an activating group) is 1. The molecule has 2 rings (SSSR count). The molecule has 3 amide bonds. The topological polar surface area (TPSA) is 60.9 Å². The molecular weight excluding hydrogens is 294 g/mol. The number of likely N-dealkylation sites (tertiary alicyclic amines) is 2. The Morgan fingerprint density at radius 2 is 1.35 bits per heavy atom. The smallest absolute Gasteiger partial charge is 0.245 e. The molecule has 6 heteroatoms. The lowest BCUT2D eigenvalue weighted by atomic mass is 10.4. The third kappa shape index (κ3) is 7.99. The third-order valence-corrected chi connectivity index (χ3v) is 3.28. The molecule has 2 aliphatic heterocycles. The van der Waals surface area contributed by atoms with E-state index in [9.17, 15) is 14.4 Å². The molecule has 6 nitrogen and oxygen atoms in total. The highest BCUT2D eigenvalue weighted by Crippen LogP contribution is 2.08. The Hall–Kier alpha value is -2.37. The molecule has 0 spiro atoms. The molecule has 0 N–H and O–H groups in total. The van der Waals surface area contributed by atoms with Crippen LogP contribution in [0.4, 0.5) is 0 Å². The molecule has 128 valence electrons. The van der Waals surface area contributed by atoms with Gasteiger partial charge in [-0.2, -0.15) is 0 Å². The molecule has 2 fully saturated rings. The molecule has 0 saturated carbocycles. The van der Waals surface area contributed by atoms with Crippen molar-refractivity contribution in [1.29, 1.82) is 0 Å². The van der Waals surface area contributed by atoms with E-state index in [4.69, 9.17) is 0 Å². The van der Waals surface area contributed by atoms with Gasteiger partial charge in [0.2, 0.25) is 17.7 Å². The second-order valence-electron chi connectivity index (χ2n) is 5.18. The Morgan fingerprint density at radius 1 is 0.957 bits per heavy atom. The van der Waals surface area contributed by atoms with Crippen molar-refractivity contribution in [3.05, 3.63) is 38.2 Å². The molecule has 0 radical (unpaired) electrons. The summed E-state index contributed by atoms with van der Waals surface area (Å²) < 4.78 is 0. The first kappa shape index (κ1) is 20.6. The van der Waals surface area contributed by atoms with Crippen molar-refractivity contribution >= 4 is 17.7 Å². The van der Waals surface area contributed by atoms with Gasteiger partial charge >= 0.3 is 0 Å². The van der Waals surface area contributed by atoms with Crippen molar-refractivity contribution in [3.8, 4) is 0 Å². The lowest BCUT2D eigenvalue weighted by Crippen LogP contribution is -2.18. The first-order valence-electron chi connectivity index (χ1n) is 7.55. The van der Waals surface area contributed by atoms with Crippen LogP contribution in [0.5, 0.6) is 0 Å². The van der Waals surface area contributed by atoms with Crippen LogP contribution in [-0.4, -0.2) is 59.6 Å². The summed E-state index contributed by atoms with van der Waals surface area (Å²) in [6.45, 7) is 12.0. The van der Waals surface area contributed by atoms with Gasteiger partial charge in [-0.3, -0.25) is 14.4 Å². The second-order valence-corrected chi connectivity index (χ2v) is 5.18. The average molecular weight is 321 g/mol. The van der Waals surface area contributed by atoms with E-state index < -0.39 is 0 Å². The van der Waals surface area contributed by atoms with Crippen LogP contribution in [0.3, 0.4) is 0 Å². The zero-order chi connectivity index (χ0) is 17.8. The number of nitrogens with zero attached hydrogens (tertiary/aromatic N) is 3. The van der Waals surface area contributed by atoms with E-state index >= 15 is 0 Å². The molecule has 2 aliphatic rings. The van der Waals surface area contributed by atoms with Crippen molar-refractivity contribution in [1.82, 2.24) is 14.7 Å². The van der Waals surface area contributed by atoms with Crippen LogP contribution in [0.1, 0.15) is 25.7 Å². The van der Waals surface area contributed by atoms with Crippen LogP contribution >= 0.6 is 0 Å². The summed E-state index contributed by atoms with van der Waals surface area (Å²) in [6, 6.07) is 0. The quantitative estimate of drug-likeness (QED) is 0.744. The van der Waals surface area contributed by atoms with E-state index in [0.717, 1.165) is 25.9 Å². The van der Waals surface area contributed by atoms with Gasteiger partial charge in [-0.1, -0.05) is 19.7 Å². The summed E-state index contributed by atoms with van der Waals surface area (Å²) in [4.78, 5) is 36.4. The van der Waals surface area contributed by atoms with E-state index in [0.29, 0.717) is 12.8 Å². The maximum atomic E-state index is 10.7. The Bertz CT molecular complexity index is 428. The normalized spacial score (nSPS) is 15.9. The minimum Gasteiger partial charge on any atom is -0.345 e. The summed E-state index contributed by atoms with van der Waals surface area (Å²) in [5, 5.41) is 0. The van der Waals surface area contributed by atoms with Gasteiger partial charge < -0.3 is 14.7 Å². The second kappa shape index (κ2) is 11.2. The Kier molecular flexibility index (Phi) is 10.1. The van der Waals surface area contributed by atoms with Gasteiger partial charge in [0.1, 0.15) is 0 Å². The number of amides is 3. The number of carbonyl (C=O) groups excluding carboxylic acids is 3. The van der Waals surface area contributed by atoms with Gasteiger partial charge in [0.15, 0.2) is 0 Å². The Labute approximate surface area is 138 Å². The van der Waals surface area contributed by atoms with Gasteiger partial charge in [0.25, 0.3) is 0 Å². The number of hydrogen-bond donors (Lipinski definition) is 0. The van der Waals surface area contributed by atoms with Gasteiger partial charge in [0, 0.05) is 40.0 Å². The molecule has 0 aromatic rings. The van der Waals surface area contributed by atoms with E-state index in [1.807, 2.05) is 0 Å². The molecule has 0 unspecified atom stereocenters.